The first kappa shape index (κ1) is 16.4. The second-order valence-corrected chi connectivity index (χ2v) is 5.77. The van der Waals surface area contributed by atoms with Gasteiger partial charge in [0.15, 0.2) is 0 Å². The Morgan fingerprint density at radius 1 is 1.18 bits per heavy atom. The van der Waals surface area contributed by atoms with E-state index in [0.29, 0.717) is 6.47 Å². The summed E-state index contributed by atoms with van der Waals surface area (Å²) in [6.07, 6.45) is 5.96. The van der Waals surface area contributed by atoms with Gasteiger partial charge in [-0.2, -0.15) is 0 Å². The molecule has 3 heteroatoms. The number of nitrogens with one attached hydrogen (secondary N) is 1. The number of fused-ring (bicyclic) bond motifs is 1. The van der Waals surface area contributed by atoms with Crippen molar-refractivity contribution in [1.82, 2.24) is 5.32 Å². The SMILES string of the molecule is C.C1C[C@@H]2CCNC[C@@H]2C1.CC(C)(C)OC=O. The molecule has 1 aliphatic carbocycles. The summed E-state index contributed by atoms with van der Waals surface area (Å²) in [5.41, 5.74) is -0.318. The van der Waals surface area contributed by atoms with E-state index in [2.05, 4.69) is 10.1 Å². The summed E-state index contributed by atoms with van der Waals surface area (Å²) in [7, 11) is 0. The molecule has 0 amide bonds. The zero-order valence-corrected chi connectivity index (χ0v) is 10.8. The summed E-state index contributed by atoms with van der Waals surface area (Å²) in [5.74, 6) is 2.16. The third-order valence-corrected chi connectivity index (χ3v) is 3.32. The van der Waals surface area contributed by atoms with Crippen LogP contribution in [0.25, 0.3) is 0 Å². The minimum atomic E-state index is -0.318. The topological polar surface area (TPSA) is 38.3 Å². The van der Waals surface area contributed by atoms with Crippen LogP contribution in [0.15, 0.2) is 0 Å². The van der Waals surface area contributed by atoms with E-state index in [9.17, 15) is 4.79 Å². The highest BCUT2D eigenvalue weighted by Crippen LogP contribution is 2.34. The van der Waals surface area contributed by atoms with Gasteiger partial charge in [0.2, 0.25) is 0 Å². The lowest BCUT2D eigenvalue weighted by Gasteiger charge is -2.25. The van der Waals surface area contributed by atoms with Gasteiger partial charge in [0.1, 0.15) is 5.60 Å². The summed E-state index contributed by atoms with van der Waals surface area (Å²) in [6.45, 7) is 8.51. The molecule has 0 aromatic carbocycles. The highest BCUT2D eigenvalue weighted by molar-refractivity contribution is 5.37. The highest BCUT2D eigenvalue weighted by Gasteiger charge is 2.28. The number of piperidine rings is 1. The summed E-state index contributed by atoms with van der Waals surface area (Å²) >= 11 is 0. The van der Waals surface area contributed by atoms with Crippen molar-refractivity contribution in [1.29, 1.82) is 0 Å². The number of carbonyl (C=O) groups is 1. The van der Waals surface area contributed by atoms with Crippen LogP contribution in [-0.4, -0.2) is 25.2 Å². The van der Waals surface area contributed by atoms with Crippen molar-refractivity contribution in [2.24, 2.45) is 11.8 Å². The summed E-state index contributed by atoms with van der Waals surface area (Å²) in [6, 6.07) is 0. The van der Waals surface area contributed by atoms with E-state index < -0.39 is 0 Å². The molecule has 2 aliphatic rings. The van der Waals surface area contributed by atoms with Crippen LogP contribution in [0.2, 0.25) is 0 Å². The van der Waals surface area contributed by atoms with Gasteiger partial charge in [0.25, 0.3) is 6.47 Å². The van der Waals surface area contributed by atoms with E-state index in [1.54, 1.807) is 0 Å². The monoisotopic (exact) mass is 243 g/mol. The summed E-state index contributed by atoms with van der Waals surface area (Å²) in [5, 5.41) is 3.46. The maximum Gasteiger partial charge on any atom is 0.293 e. The molecule has 1 saturated heterocycles. The van der Waals surface area contributed by atoms with E-state index in [4.69, 9.17) is 0 Å². The average molecular weight is 243 g/mol. The molecular formula is C14H29NO2. The Labute approximate surface area is 106 Å². The fourth-order valence-corrected chi connectivity index (χ4v) is 2.48. The molecule has 2 rings (SSSR count). The zero-order chi connectivity index (χ0) is 12.0. The Morgan fingerprint density at radius 2 is 1.82 bits per heavy atom. The molecule has 0 radical (unpaired) electrons. The Morgan fingerprint density at radius 3 is 2.29 bits per heavy atom. The van der Waals surface area contributed by atoms with Crippen LogP contribution >= 0.6 is 0 Å². The van der Waals surface area contributed by atoms with Gasteiger partial charge >= 0.3 is 0 Å². The van der Waals surface area contributed by atoms with E-state index in [1.807, 2.05) is 20.8 Å². The third-order valence-electron chi connectivity index (χ3n) is 3.32. The predicted octanol–water partition coefficient (Wildman–Crippen LogP) is 2.99. The molecular weight excluding hydrogens is 214 g/mol. The van der Waals surface area contributed by atoms with Gasteiger partial charge < -0.3 is 10.1 Å². The zero-order valence-electron chi connectivity index (χ0n) is 10.8. The molecule has 0 bridgehead atoms. The van der Waals surface area contributed by atoms with Gasteiger partial charge in [-0.25, -0.2) is 0 Å². The van der Waals surface area contributed by atoms with E-state index >= 15 is 0 Å². The van der Waals surface area contributed by atoms with Gasteiger partial charge in [-0.1, -0.05) is 20.3 Å². The third kappa shape index (κ3) is 6.67. The molecule has 1 heterocycles. The molecule has 1 saturated carbocycles. The molecule has 0 aromatic heterocycles. The van der Waals surface area contributed by atoms with Gasteiger partial charge in [-0.05, 0) is 58.5 Å². The second-order valence-electron chi connectivity index (χ2n) is 5.77. The van der Waals surface area contributed by atoms with Crippen LogP contribution in [0.5, 0.6) is 0 Å². The Balaban J connectivity index is 0.000000296. The van der Waals surface area contributed by atoms with Crippen LogP contribution < -0.4 is 5.32 Å². The van der Waals surface area contributed by atoms with Crippen molar-refractivity contribution in [2.75, 3.05) is 13.1 Å². The summed E-state index contributed by atoms with van der Waals surface area (Å²) in [4.78, 5) is 9.60. The van der Waals surface area contributed by atoms with Crippen molar-refractivity contribution >= 4 is 6.47 Å². The Hall–Kier alpha value is -0.570. The molecule has 17 heavy (non-hydrogen) atoms. The number of hydrogen-bond acceptors (Lipinski definition) is 3. The second kappa shape index (κ2) is 7.70. The maximum absolute atomic E-state index is 9.60. The fourth-order valence-electron chi connectivity index (χ4n) is 2.48. The highest BCUT2D eigenvalue weighted by atomic mass is 16.5. The quantitative estimate of drug-likeness (QED) is 0.720. The normalized spacial score (nSPS) is 27.0. The molecule has 102 valence electrons. The first-order valence-corrected chi connectivity index (χ1v) is 6.35. The molecule has 3 nitrogen and oxygen atoms in total. The first-order chi connectivity index (χ1) is 7.53. The standard InChI is InChI=1S/C8H15N.C5H10O2.CH4/c1-2-7-4-5-9-6-8(7)3-1;1-5(2,3)7-4-6;/h7-9H,1-6H2;4H,1-3H3;1H4/t7-,8+;;/m1../s1. The van der Waals surface area contributed by atoms with Gasteiger partial charge in [-0.15, -0.1) is 0 Å². The van der Waals surface area contributed by atoms with Crippen molar-refractivity contribution in [3.8, 4) is 0 Å². The van der Waals surface area contributed by atoms with Crippen molar-refractivity contribution < 1.29 is 9.53 Å². The number of ether oxygens (including phenoxy) is 1. The minimum absolute atomic E-state index is 0. The fraction of sp³-hybridized carbons (Fsp3) is 0.929. The Bertz CT molecular complexity index is 199. The van der Waals surface area contributed by atoms with Gasteiger partial charge in [0.05, 0.1) is 0 Å². The van der Waals surface area contributed by atoms with E-state index in [-0.39, 0.29) is 13.0 Å². The summed E-state index contributed by atoms with van der Waals surface area (Å²) < 4.78 is 4.55. The van der Waals surface area contributed by atoms with Gasteiger partial charge in [0, 0.05) is 0 Å². The lowest BCUT2D eigenvalue weighted by molar-refractivity contribution is -0.138. The molecule has 0 spiro atoms. The van der Waals surface area contributed by atoms with Gasteiger partial charge in [-0.3, -0.25) is 4.79 Å². The number of hydrogen-bond donors (Lipinski definition) is 1. The van der Waals surface area contributed by atoms with E-state index in [0.717, 1.165) is 11.8 Å². The van der Waals surface area contributed by atoms with Crippen molar-refractivity contribution in [3.05, 3.63) is 0 Å². The first-order valence-electron chi connectivity index (χ1n) is 6.35. The molecule has 0 aromatic rings. The average Bonchev–Trinajstić information content (AvgIpc) is 2.64. The smallest absolute Gasteiger partial charge is 0.293 e. The van der Waals surface area contributed by atoms with Crippen LogP contribution in [0.1, 0.15) is 53.9 Å². The van der Waals surface area contributed by atoms with Crippen LogP contribution in [0.4, 0.5) is 0 Å². The Kier molecular flexibility index (Phi) is 7.44. The maximum atomic E-state index is 9.60. The molecule has 0 unspecified atom stereocenters. The number of rotatable bonds is 1. The lowest BCUT2D eigenvalue weighted by atomic mass is 9.90. The van der Waals surface area contributed by atoms with E-state index in [1.165, 1.54) is 38.8 Å². The van der Waals surface area contributed by atoms with Crippen LogP contribution in [0, 0.1) is 11.8 Å². The molecule has 1 aliphatic heterocycles. The van der Waals surface area contributed by atoms with Crippen molar-refractivity contribution in [2.45, 2.75) is 59.5 Å². The molecule has 2 fully saturated rings. The minimum Gasteiger partial charge on any atom is -0.462 e. The number of carbonyl (C=O) groups excluding carboxylic acids is 1. The molecule has 2 atom stereocenters. The largest absolute Gasteiger partial charge is 0.462 e. The van der Waals surface area contributed by atoms with Crippen molar-refractivity contribution in [3.63, 3.8) is 0 Å². The molecule has 1 N–H and O–H groups in total. The lowest BCUT2D eigenvalue weighted by Crippen LogP contribution is -2.33. The predicted molar refractivity (Wildman–Crippen MR) is 72.0 cm³/mol. The van der Waals surface area contributed by atoms with Crippen LogP contribution in [-0.2, 0) is 9.53 Å². The van der Waals surface area contributed by atoms with Crippen LogP contribution in [0.3, 0.4) is 0 Å².